The van der Waals surface area contributed by atoms with Crippen molar-refractivity contribution >= 4 is 29.3 Å². The molecule has 31 heavy (non-hydrogen) atoms. The molecule has 9 heteroatoms. The molecule has 8 nitrogen and oxygen atoms in total. The average Bonchev–Trinajstić information content (AvgIpc) is 3.13. The maximum Gasteiger partial charge on any atom is 0.442 e. The van der Waals surface area contributed by atoms with E-state index in [4.69, 9.17) is 9.26 Å². The third-order valence-electron chi connectivity index (χ3n) is 4.37. The van der Waals surface area contributed by atoms with Crippen LogP contribution in [-0.4, -0.2) is 29.5 Å². The number of hydrogen-bond donors (Lipinski definition) is 2. The lowest BCUT2D eigenvalue weighted by atomic mass is 10.2. The van der Waals surface area contributed by atoms with Crippen LogP contribution >= 0.6 is 11.8 Å². The summed E-state index contributed by atoms with van der Waals surface area (Å²) in [5.41, 5.74) is 2.23. The number of nitrogens with zero attached hydrogens (tertiary/aromatic N) is 1. The van der Waals surface area contributed by atoms with Gasteiger partial charge in [0.1, 0.15) is 0 Å². The highest BCUT2D eigenvalue weighted by atomic mass is 32.2. The van der Waals surface area contributed by atoms with E-state index in [9.17, 15) is 14.4 Å². The van der Waals surface area contributed by atoms with Crippen molar-refractivity contribution in [3.63, 3.8) is 0 Å². The number of esters is 1. The van der Waals surface area contributed by atoms with Crippen LogP contribution in [0.3, 0.4) is 0 Å². The van der Waals surface area contributed by atoms with Crippen LogP contribution in [0.2, 0.25) is 0 Å². The monoisotopic (exact) mass is 442 g/mol. The van der Waals surface area contributed by atoms with Crippen LogP contribution in [0, 0.1) is 6.92 Å². The Morgan fingerprint density at radius 2 is 1.84 bits per heavy atom. The molecule has 0 aliphatic carbocycles. The number of anilines is 1. The lowest BCUT2D eigenvalue weighted by Crippen LogP contribution is -2.36. The predicted octanol–water partition coefficient (Wildman–Crippen LogP) is 3.24. The minimum Gasteiger partial charge on any atom is -0.462 e. The Hall–Kier alpha value is -3.33. The van der Waals surface area contributed by atoms with Crippen LogP contribution in [0.25, 0.3) is 5.69 Å². The van der Waals surface area contributed by atoms with E-state index in [2.05, 4.69) is 10.6 Å². The summed E-state index contributed by atoms with van der Waals surface area (Å²) in [7, 11) is 0. The van der Waals surface area contributed by atoms with Crippen LogP contribution in [0.15, 0.2) is 62.9 Å². The number of rotatable bonds is 9. The van der Waals surface area contributed by atoms with Crippen molar-refractivity contribution < 1.29 is 23.5 Å². The summed E-state index contributed by atoms with van der Waals surface area (Å²) in [6.07, 6.45) is 1.77. The molecule has 0 atom stereocenters. The standard InChI is InChI=1S/C22H23N3O5S/c1-3-4-13-29-21(27)16-7-9-17(10-8-16)23-19(26)14-31-20-22(28)30-24-25(20)18-11-5-15(2)6-12-18/h5-12H,3-4,13-14H2,1-2H3,(H-,23,24,26,27,28)/p+1. The first-order chi connectivity index (χ1) is 15.0. The highest BCUT2D eigenvalue weighted by Crippen LogP contribution is 2.15. The molecule has 1 amide bonds. The van der Waals surface area contributed by atoms with Gasteiger partial charge in [0.15, 0.2) is 0 Å². The maximum atomic E-state index is 12.3. The van der Waals surface area contributed by atoms with E-state index < -0.39 is 5.63 Å². The number of carbonyl (C=O) groups is 2. The highest BCUT2D eigenvalue weighted by molar-refractivity contribution is 7.99. The molecule has 0 saturated heterocycles. The number of aromatic amines is 1. The van der Waals surface area contributed by atoms with Gasteiger partial charge in [-0.1, -0.05) is 31.0 Å². The minimum absolute atomic E-state index is 0.00921. The molecule has 3 aromatic rings. The quantitative estimate of drug-likeness (QED) is 0.228. The van der Waals surface area contributed by atoms with E-state index in [1.54, 1.807) is 24.3 Å². The second-order valence-electron chi connectivity index (χ2n) is 6.86. The predicted molar refractivity (Wildman–Crippen MR) is 117 cm³/mol. The first kappa shape index (κ1) is 22.4. The Balaban J connectivity index is 1.57. The molecule has 0 fully saturated rings. The zero-order valence-electron chi connectivity index (χ0n) is 17.3. The molecular weight excluding hydrogens is 418 g/mol. The zero-order valence-corrected chi connectivity index (χ0v) is 18.2. The lowest BCUT2D eigenvalue weighted by Gasteiger charge is -2.06. The fraction of sp³-hybridized carbons (Fsp3) is 0.273. The van der Waals surface area contributed by atoms with E-state index >= 15 is 0 Å². The Kier molecular flexibility index (Phi) is 7.66. The van der Waals surface area contributed by atoms with E-state index in [1.807, 2.05) is 38.1 Å². The van der Waals surface area contributed by atoms with E-state index in [0.717, 1.165) is 35.9 Å². The fourth-order valence-corrected chi connectivity index (χ4v) is 3.44. The van der Waals surface area contributed by atoms with Gasteiger partial charge < -0.3 is 10.1 Å². The summed E-state index contributed by atoms with van der Waals surface area (Å²) in [6, 6.07) is 14.0. The molecule has 1 heterocycles. The second-order valence-corrected chi connectivity index (χ2v) is 7.82. The molecule has 2 aromatic carbocycles. The number of aryl methyl sites for hydroxylation is 1. The number of ether oxygens (including phenoxy) is 1. The summed E-state index contributed by atoms with van der Waals surface area (Å²) in [6.45, 7) is 4.38. The maximum absolute atomic E-state index is 12.3. The minimum atomic E-state index is -0.552. The van der Waals surface area contributed by atoms with E-state index in [0.29, 0.717) is 17.9 Å². The van der Waals surface area contributed by atoms with Crippen molar-refractivity contribution in [3.05, 3.63) is 70.1 Å². The molecule has 162 valence electrons. The number of hydrogen-bond acceptors (Lipinski definition) is 6. The third kappa shape index (κ3) is 6.08. The summed E-state index contributed by atoms with van der Waals surface area (Å²) in [5, 5.41) is 5.56. The largest absolute Gasteiger partial charge is 0.462 e. The number of H-pyrrole nitrogens is 1. The number of unbranched alkanes of at least 4 members (excludes halogenated alkanes) is 1. The fourth-order valence-electron chi connectivity index (χ4n) is 2.66. The van der Waals surface area contributed by atoms with Crippen LogP contribution < -0.4 is 15.6 Å². The molecule has 0 unspecified atom stereocenters. The van der Waals surface area contributed by atoms with Gasteiger partial charge in [-0.2, -0.15) is 0 Å². The summed E-state index contributed by atoms with van der Waals surface area (Å²) < 4.78 is 11.5. The van der Waals surface area contributed by atoms with Gasteiger partial charge >= 0.3 is 16.6 Å². The van der Waals surface area contributed by atoms with Gasteiger partial charge in [-0.15, -0.1) is 0 Å². The number of thioether (sulfide) groups is 1. The molecule has 0 saturated carbocycles. The summed E-state index contributed by atoms with van der Waals surface area (Å²) >= 11 is 1.07. The normalized spacial score (nSPS) is 10.6. The van der Waals surface area contributed by atoms with Crippen molar-refractivity contribution in [3.8, 4) is 5.69 Å². The van der Waals surface area contributed by atoms with Crippen LogP contribution in [0.5, 0.6) is 0 Å². The number of amides is 1. The van der Waals surface area contributed by atoms with Crippen molar-refractivity contribution in [2.24, 2.45) is 0 Å². The smallest absolute Gasteiger partial charge is 0.442 e. The molecule has 0 bridgehead atoms. The van der Waals surface area contributed by atoms with Crippen molar-refractivity contribution in [2.45, 2.75) is 31.7 Å². The lowest BCUT2D eigenvalue weighted by molar-refractivity contribution is -0.704. The number of aromatic nitrogens is 2. The van der Waals surface area contributed by atoms with Crippen molar-refractivity contribution in [1.29, 1.82) is 0 Å². The van der Waals surface area contributed by atoms with Crippen molar-refractivity contribution in [1.82, 2.24) is 5.27 Å². The molecule has 0 radical (unpaired) electrons. The number of nitrogens with one attached hydrogen (secondary N) is 2. The van der Waals surface area contributed by atoms with Gasteiger partial charge in [-0.25, -0.2) is 9.59 Å². The van der Waals surface area contributed by atoms with Gasteiger partial charge in [0, 0.05) is 17.8 Å². The number of carbonyl (C=O) groups excluding carboxylic acids is 2. The summed E-state index contributed by atoms with van der Waals surface area (Å²) in [5.74, 6) is -0.670. The zero-order chi connectivity index (χ0) is 22.2. The molecule has 1 aromatic heterocycles. The van der Waals surface area contributed by atoms with Crippen LogP contribution in [-0.2, 0) is 9.53 Å². The average molecular weight is 443 g/mol. The summed E-state index contributed by atoms with van der Waals surface area (Å²) in [4.78, 5) is 36.3. The Bertz CT molecular complexity index is 1090. The Morgan fingerprint density at radius 1 is 1.13 bits per heavy atom. The molecular formula is C22H24N3O5S+. The highest BCUT2D eigenvalue weighted by Gasteiger charge is 2.25. The topological polar surface area (TPSA) is 105 Å². The van der Waals surface area contributed by atoms with E-state index in [-0.39, 0.29) is 22.7 Å². The SMILES string of the molecule is CCCCOC(=O)c1ccc(NC(=O)CSc2c(=O)o[nH][n+]2-c2ccc(C)cc2)cc1. The van der Waals surface area contributed by atoms with Crippen molar-refractivity contribution in [2.75, 3.05) is 17.7 Å². The Morgan fingerprint density at radius 3 is 2.52 bits per heavy atom. The van der Waals surface area contributed by atoms with E-state index in [1.165, 1.54) is 4.68 Å². The van der Waals surface area contributed by atoms with Gasteiger partial charge in [0.05, 0.1) is 17.9 Å². The molecule has 3 rings (SSSR count). The Labute approximate surface area is 183 Å². The third-order valence-corrected chi connectivity index (χ3v) is 5.40. The molecule has 0 aliphatic heterocycles. The first-order valence-corrected chi connectivity index (χ1v) is 10.9. The van der Waals surface area contributed by atoms with Crippen LogP contribution in [0.4, 0.5) is 5.69 Å². The van der Waals surface area contributed by atoms with Gasteiger partial charge in [-0.3, -0.25) is 9.32 Å². The number of benzene rings is 2. The van der Waals surface area contributed by atoms with Gasteiger partial charge in [0.25, 0.3) is 0 Å². The molecule has 0 spiro atoms. The molecule has 0 aliphatic rings. The van der Waals surface area contributed by atoms with Crippen LogP contribution in [0.1, 0.15) is 35.7 Å². The first-order valence-electron chi connectivity index (χ1n) is 9.88. The second kappa shape index (κ2) is 10.6. The molecule has 2 N–H and O–H groups in total. The van der Waals surface area contributed by atoms with Gasteiger partial charge in [-0.05, 0) is 59.3 Å². The van der Waals surface area contributed by atoms with Gasteiger partial charge in [0.2, 0.25) is 11.6 Å².